The number of hydrogen-bond donors (Lipinski definition) is 0. The van der Waals surface area contributed by atoms with E-state index < -0.39 is 0 Å². The maximum absolute atomic E-state index is 13.3. The van der Waals surface area contributed by atoms with Crippen LogP contribution in [0.25, 0.3) is 0 Å². The van der Waals surface area contributed by atoms with Crippen LogP contribution in [0, 0.1) is 0 Å². The van der Waals surface area contributed by atoms with E-state index in [0.29, 0.717) is 12.5 Å². The molecule has 2 aliphatic heterocycles. The highest BCUT2D eigenvalue weighted by atomic mass is 79.9. The summed E-state index contributed by atoms with van der Waals surface area (Å²) < 4.78 is 0.901. The Morgan fingerprint density at radius 3 is 2.68 bits per heavy atom. The van der Waals surface area contributed by atoms with Gasteiger partial charge in [-0.15, -0.1) is 0 Å². The Kier molecular flexibility index (Phi) is 4.96. The van der Waals surface area contributed by atoms with Gasteiger partial charge >= 0.3 is 0 Å². The first kappa shape index (κ1) is 17.2. The summed E-state index contributed by atoms with van der Waals surface area (Å²) in [6.07, 6.45) is 6.26. The Bertz CT molecular complexity index is 684. The first-order valence-electron chi connectivity index (χ1n) is 9.49. The normalized spacial score (nSPS) is 26.9. The third kappa shape index (κ3) is 3.41. The van der Waals surface area contributed by atoms with Crippen molar-refractivity contribution in [3.05, 3.63) is 33.8 Å². The predicted octanol–water partition coefficient (Wildman–Crippen LogP) is 3.60. The van der Waals surface area contributed by atoms with Crippen LogP contribution >= 0.6 is 15.9 Å². The van der Waals surface area contributed by atoms with Crippen molar-refractivity contribution in [3.8, 4) is 0 Å². The van der Waals surface area contributed by atoms with Crippen molar-refractivity contribution in [2.24, 2.45) is 0 Å². The molecule has 2 atom stereocenters. The predicted molar refractivity (Wildman–Crippen MR) is 101 cm³/mol. The minimum absolute atomic E-state index is 0.0998. The Balaban J connectivity index is 1.54. The number of Topliss-reactive ketones (excluding diaryl/α,β-unsaturated/α-hetero) is 1. The lowest BCUT2D eigenvalue weighted by atomic mass is 9.95. The summed E-state index contributed by atoms with van der Waals surface area (Å²) in [5, 5.41) is 0. The van der Waals surface area contributed by atoms with Crippen molar-refractivity contribution in [1.29, 1.82) is 0 Å². The van der Waals surface area contributed by atoms with Gasteiger partial charge in [0.25, 0.3) is 0 Å². The molecule has 0 radical (unpaired) electrons. The molecule has 2 unspecified atom stereocenters. The Labute approximate surface area is 157 Å². The van der Waals surface area contributed by atoms with Gasteiger partial charge < -0.3 is 9.80 Å². The van der Waals surface area contributed by atoms with Crippen LogP contribution in [0.3, 0.4) is 0 Å². The van der Waals surface area contributed by atoms with Crippen LogP contribution in [0.15, 0.2) is 22.7 Å². The van der Waals surface area contributed by atoms with E-state index >= 15 is 0 Å². The van der Waals surface area contributed by atoms with E-state index in [9.17, 15) is 9.59 Å². The fourth-order valence-corrected chi connectivity index (χ4v) is 5.00. The Morgan fingerprint density at radius 2 is 1.88 bits per heavy atom. The second kappa shape index (κ2) is 7.20. The van der Waals surface area contributed by atoms with Crippen molar-refractivity contribution in [3.63, 3.8) is 0 Å². The monoisotopic (exact) mass is 404 g/mol. The van der Waals surface area contributed by atoms with E-state index in [2.05, 4.69) is 25.7 Å². The number of benzene rings is 1. The molecule has 2 heterocycles. The van der Waals surface area contributed by atoms with Crippen molar-refractivity contribution in [2.75, 3.05) is 26.2 Å². The van der Waals surface area contributed by atoms with Gasteiger partial charge in [0.1, 0.15) is 0 Å². The fraction of sp³-hybridized carbons (Fsp3) is 0.600. The molecule has 5 heteroatoms. The van der Waals surface area contributed by atoms with E-state index in [0.717, 1.165) is 54.6 Å². The maximum Gasteiger partial charge on any atom is 0.230 e. The third-order valence-corrected chi connectivity index (χ3v) is 6.45. The minimum atomic E-state index is -0.283. The summed E-state index contributed by atoms with van der Waals surface area (Å²) in [6, 6.07) is 6.07. The van der Waals surface area contributed by atoms with Crippen LogP contribution in [0.2, 0.25) is 0 Å². The molecule has 1 aliphatic carbocycles. The van der Waals surface area contributed by atoms with Crippen LogP contribution in [-0.4, -0.2) is 53.7 Å². The average Bonchev–Trinajstić information content (AvgIpc) is 3.23. The summed E-state index contributed by atoms with van der Waals surface area (Å²) in [5.41, 5.74) is 1.64. The highest BCUT2D eigenvalue weighted by Crippen LogP contribution is 2.37. The molecular formula is C20H25BrN2O2. The zero-order valence-corrected chi connectivity index (χ0v) is 16.1. The van der Waals surface area contributed by atoms with Crippen LogP contribution in [0.1, 0.15) is 60.4 Å². The van der Waals surface area contributed by atoms with Crippen LogP contribution in [0.5, 0.6) is 0 Å². The van der Waals surface area contributed by atoms with Gasteiger partial charge in [-0.05, 0) is 62.9 Å². The van der Waals surface area contributed by atoms with Gasteiger partial charge in [-0.1, -0.05) is 22.0 Å². The molecule has 25 heavy (non-hydrogen) atoms. The lowest BCUT2D eigenvalue weighted by molar-refractivity contribution is -0.136. The number of carbonyl (C=O) groups excluding carboxylic acids is 2. The largest absolute Gasteiger partial charge is 0.338 e. The van der Waals surface area contributed by atoms with Gasteiger partial charge in [-0.25, -0.2) is 0 Å². The number of carbonyl (C=O) groups is 2. The topological polar surface area (TPSA) is 40.6 Å². The smallest absolute Gasteiger partial charge is 0.230 e. The van der Waals surface area contributed by atoms with Crippen molar-refractivity contribution in [2.45, 2.75) is 50.5 Å². The number of piperidine rings is 1. The van der Waals surface area contributed by atoms with Gasteiger partial charge in [0.05, 0.1) is 5.92 Å². The summed E-state index contributed by atoms with van der Waals surface area (Å²) >= 11 is 3.43. The van der Waals surface area contributed by atoms with E-state index in [1.54, 1.807) is 0 Å². The van der Waals surface area contributed by atoms with Gasteiger partial charge in [0.15, 0.2) is 5.78 Å². The first-order chi connectivity index (χ1) is 12.1. The SMILES string of the molecule is O=C1CC(C(=O)N2CCCCC2CN2CCCC2)c2ccc(Br)cc21. The quantitative estimate of drug-likeness (QED) is 0.772. The second-order valence-electron chi connectivity index (χ2n) is 7.60. The molecule has 134 valence electrons. The summed E-state index contributed by atoms with van der Waals surface area (Å²) in [7, 11) is 0. The van der Waals surface area contributed by atoms with E-state index in [-0.39, 0.29) is 17.6 Å². The van der Waals surface area contributed by atoms with Crippen molar-refractivity contribution in [1.82, 2.24) is 9.80 Å². The molecule has 1 aromatic rings. The number of hydrogen-bond acceptors (Lipinski definition) is 3. The maximum atomic E-state index is 13.3. The van der Waals surface area contributed by atoms with Gasteiger partial charge in [-0.3, -0.25) is 9.59 Å². The third-order valence-electron chi connectivity index (χ3n) is 5.96. The summed E-state index contributed by atoms with van der Waals surface area (Å²) in [5.74, 6) is -0.0177. The van der Waals surface area contributed by atoms with Gasteiger partial charge in [0.2, 0.25) is 5.91 Å². The van der Waals surface area contributed by atoms with Gasteiger partial charge in [-0.2, -0.15) is 0 Å². The molecule has 1 aromatic carbocycles. The number of rotatable bonds is 3. The number of fused-ring (bicyclic) bond motifs is 1. The van der Waals surface area contributed by atoms with Crippen LogP contribution in [0.4, 0.5) is 0 Å². The molecule has 0 aromatic heterocycles. The molecule has 0 N–H and O–H groups in total. The lowest BCUT2D eigenvalue weighted by Crippen LogP contribution is -2.50. The number of nitrogens with zero attached hydrogens (tertiary/aromatic N) is 2. The average molecular weight is 405 g/mol. The standard InChI is InChI=1S/C20H25BrN2O2/c21-14-6-7-16-17(11-14)19(24)12-18(16)20(25)23-10-2-1-5-15(23)13-22-8-3-4-9-22/h6-7,11,15,18H,1-5,8-10,12-13H2. The van der Waals surface area contributed by atoms with Crippen molar-refractivity contribution >= 4 is 27.6 Å². The molecule has 0 saturated carbocycles. The van der Waals surface area contributed by atoms with Crippen LogP contribution in [-0.2, 0) is 4.79 Å². The summed E-state index contributed by atoms with van der Waals surface area (Å²) in [6.45, 7) is 4.17. The molecule has 0 spiro atoms. The fourth-order valence-electron chi connectivity index (χ4n) is 4.64. The highest BCUT2D eigenvalue weighted by Gasteiger charge is 2.39. The number of halogens is 1. The lowest BCUT2D eigenvalue weighted by Gasteiger charge is -2.39. The molecule has 2 saturated heterocycles. The van der Waals surface area contributed by atoms with Crippen LogP contribution < -0.4 is 0 Å². The van der Waals surface area contributed by atoms with E-state index in [1.807, 2.05) is 18.2 Å². The minimum Gasteiger partial charge on any atom is -0.338 e. The Morgan fingerprint density at radius 1 is 1.12 bits per heavy atom. The second-order valence-corrected chi connectivity index (χ2v) is 8.52. The van der Waals surface area contributed by atoms with Crippen molar-refractivity contribution < 1.29 is 9.59 Å². The van der Waals surface area contributed by atoms with E-state index in [4.69, 9.17) is 0 Å². The number of amides is 1. The number of ketones is 1. The Hall–Kier alpha value is -1.20. The molecule has 4 rings (SSSR count). The zero-order chi connectivity index (χ0) is 17.4. The summed E-state index contributed by atoms with van der Waals surface area (Å²) in [4.78, 5) is 30.3. The zero-order valence-electron chi connectivity index (χ0n) is 14.5. The van der Waals surface area contributed by atoms with E-state index in [1.165, 1.54) is 19.3 Å². The molecule has 4 nitrogen and oxygen atoms in total. The molecular weight excluding hydrogens is 380 g/mol. The molecule has 2 fully saturated rings. The first-order valence-corrected chi connectivity index (χ1v) is 10.3. The number of likely N-dealkylation sites (tertiary alicyclic amines) is 2. The molecule has 0 bridgehead atoms. The highest BCUT2D eigenvalue weighted by molar-refractivity contribution is 9.10. The molecule has 3 aliphatic rings. The van der Waals surface area contributed by atoms with Gasteiger partial charge in [0, 0.05) is 35.6 Å². The molecule has 1 amide bonds.